The molecule has 0 aromatic heterocycles. The van der Waals surface area contributed by atoms with Crippen LogP contribution in [0.4, 0.5) is 0 Å². The number of hydrogen-bond donors (Lipinski definition) is 0. The van der Waals surface area contributed by atoms with Crippen molar-refractivity contribution >= 4 is 39.1 Å². The summed E-state index contributed by atoms with van der Waals surface area (Å²) in [5, 5.41) is 4.64. The maximum Gasteiger partial charge on any atom is 0.330 e. The van der Waals surface area contributed by atoms with E-state index in [1.807, 2.05) is 36.4 Å². The Bertz CT molecular complexity index is 1080. The lowest BCUT2D eigenvalue weighted by Crippen LogP contribution is -2.29. The molecule has 0 saturated carbocycles. The zero-order valence-electron chi connectivity index (χ0n) is 19.5. The van der Waals surface area contributed by atoms with E-state index < -0.39 is 12.1 Å². The normalized spacial score (nSPS) is 13.1. The van der Waals surface area contributed by atoms with Crippen LogP contribution >= 0.6 is 11.6 Å². The summed E-state index contributed by atoms with van der Waals surface area (Å²) in [6.07, 6.45) is 5.14. The van der Waals surface area contributed by atoms with Crippen LogP contribution < -0.4 is 4.74 Å². The SMILES string of the molecule is C=CC(=O)OC(COCCC(CC)CCC)COc1c2ccccc2cc2ccc(Cl)cc12. The zero-order chi connectivity index (χ0) is 23.6. The molecule has 0 N–H and O–H groups in total. The molecule has 2 atom stereocenters. The number of benzene rings is 3. The van der Waals surface area contributed by atoms with E-state index in [-0.39, 0.29) is 13.2 Å². The summed E-state index contributed by atoms with van der Waals surface area (Å²) in [4.78, 5) is 11.9. The van der Waals surface area contributed by atoms with Crippen LogP contribution in [0.15, 0.2) is 61.2 Å². The Labute approximate surface area is 201 Å². The molecule has 0 spiro atoms. The number of carbonyl (C=O) groups excluding carboxylic acids is 1. The van der Waals surface area contributed by atoms with Gasteiger partial charge in [-0.2, -0.15) is 0 Å². The van der Waals surface area contributed by atoms with Gasteiger partial charge in [0.1, 0.15) is 12.4 Å². The van der Waals surface area contributed by atoms with Gasteiger partial charge in [-0.1, -0.05) is 81.6 Å². The Kier molecular flexibility index (Phi) is 9.59. The summed E-state index contributed by atoms with van der Waals surface area (Å²) in [5.74, 6) is 0.891. The maximum absolute atomic E-state index is 11.9. The smallest absolute Gasteiger partial charge is 0.330 e. The Morgan fingerprint density at radius 2 is 1.82 bits per heavy atom. The minimum Gasteiger partial charge on any atom is -0.488 e. The number of carbonyl (C=O) groups is 1. The standard InChI is InChI=1S/C28H33ClO4/c1-4-9-20(5-2)14-15-31-18-24(33-27(30)6-3)19-32-28-25-11-8-7-10-21(25)16-22-12-13-23(29)17-26(22)28/h6-8,10-13,16-17,20,24H,3-5,9,14-15,18-19H2,1-2H3. The molecule has 5 heteroatoms. The summed E-state index contributed by atoms with van der Waals surface area (Å²) < 4.78 is 17.7. The van der Waals surface area contributed by atoms with E-state index >= 15 is 0 Å². The van der Waals surface area contributed by atoms with Crippen molar-refractivity contribution in [3.05, 3.63) is 66.2 Å². The first-order chi connectivity index (χ1) is 16.0. The van der Waals surface area contributed by atoms with Gasteiger partial charge in [-0.25, -0.2) is 4.79 Å². The lowest BCUT2D eigenvalue weighted by atomic mass is 9.98. The molecule has 33 heavy (non-hydrogen) atoms. The first-order valence-electron chi connectivity index (χ1n) is 11.7. The van der Waals surface area contributed by atoms with E-state index in [1.165, 1.54) is 12.8 Å². The highest BCUT2D eigenvalue weighted by molar-refractivity contribution is 6.31. The molecule has 0 saturated heterocycles. The van der Waals surface area contributed by atoms with Crippen LogP contribution in [0, 0.1) is 5.92 Å². The van der Waals surface area contributed by atoms with E-state index in [9.17, 15) is 4.79 Å². The molecule has 0 amide bonds. The maximum atomic E-state index is 11.9. The molecule has 0 bridgehead atoms. The van der Waals surface area contributed by atoms with Crippen molar-refractivity contribution in [1.82, 2.24) is 0 Å². The van der Waals surface area contributed by atoms with Crippen LogP contribution in [-0.2, 0) is 14.3 Å². The van der Waals surface area contributed by atoms with Crippen LogP contribution in [0.25, 0.3) is 21.5 Å². The minimum atomic E-state index is -0.546. The van der Waals surface area contributed by atoms with Crippen molar-refractivity contribution in [2.45, 2.75) is 45.6 Å². The molecule has 0 heterocycles. The quantitative estimate of drug-likeness (QED) is 0.114. The van der Waals surface area contributed by atoms with Crippen LogP contribution in [0.2, 0.25) is 5.02 Å². The molecular weight excluding hydrogens is 436 g/mol. The average Bonchev–Trinajstić information content (AvgIpc) is 2.83. The Morgan fingerprint density at radius 1 is 1.03 bits per heavy atom. The molecule has 0 fully saturated rings. The van der Waals surface area contributed by atoms with Gasteiger partial charge in [-0.05, 0) is 41.3 Å². The van der Waals surface area contributed by atoms with E-state index in [0.29, 0.717) is 17.5 Å². The molecule has 176 valence electrons. The Hall–Kier alpha value is -2.56. The van der Waals surface area contributed by atoms with Gasteiger partial charge in [0.25, 0.3) is 0 Å². The third-order valence-electron chi connectivity index (χ3n) is 5.89. The van der Waals surface area contributed by atoms with E-state index in [4.69, 9.17) is 25.8 Å². The first kappa shape index (κ1) is 25.1. The predicted octanol–water partition coefficient (Wildman–Crippen LogP) is 7.36. The molecular formula is C28H33ClO4. The second-order valence-electron chi connectivity index (χ2n) is 8.29. The summed E-state index contributed by atoms with van der Waals surface area (Å²) in [5.41, 5.74) is 0. The highest BCUT2D eigenvalue weighted by Gasteiger charge is 2.17. The van der Waals surface area contributed by atoms with E-state index in [0.717, 1.165) is 46.2 Å². The van der Waals surface area contributed by atoms with Crippen LogP contribution in [0.3, 0.4) is 0 Å². The monoisotopic (exact) mass is 468 g/mol. The second kappa shape index (κ2) is 12.6. The van der Waals surface area contributed by atoms with Crippen molar-refractivity contribution in [1.29, 1.82) is 0 Å². The Balaban J connectivity index is 1.75. The van der Waals surface area contributed by atoms with Gasteiger partial charge in [-0.3, -0.25) is 0 Å². The van der Waals surface area contributed by atoms with Gasteiger partial charge in [-0.15, -0.1) is 0 Å². The third kappa shape index (κ3) is 6.96. The topological polar surface area (TPSA) is 44.8 Å². The second-order valence-corrected chi connectivity index (χ2v) is 8.73. The van der Waals surface area contributed by atoms with Gasteiger partial charge in [0.15, 0.2) is 6.10 Å². The van der Waals surface area contributed by atoms with Gasteiger partial charge < -0.3 is 14.2 Å². The number of fused-ring (bicyclic) bond motifs is 2. The number of halogens is 1. The fourth-order valence-electron chi connectivity index (χ4n) is 4.08. The summed E-state index contributed by atoms with van der Waals surface area (Å²) in [6, 6.07) is 15.9. The highest BCUT2D eigenvalue weighted by Crippen LogP contribution is 2.36. The van der Waals surface area contributed by atoms with Crippen molar-refractivity contribution in [2.24, 2.45) is 5.92 Å². The van der Waals surface area contributed by atoms with E-state index in [2.05, 4.69) is 32.6 Å². The molecule has 0 aliphatic carbocycles. The van der Waals surface area contributed by atoms with Crippen molar-refractivity contribution in [3.63, 3.8) is 0 Å². The van der Waals surface area contributed by atoms with Gasteiger partial charge in [0.05, 0.1) is 6.61 Å². The number of esters is 1. The van der Waals surface area contributed by atoms with Crippen LogP contribution in [0.1, 0.15) is 39.5 Å². The number of rotatable bonds is 13. The Morgan fingerprint density at radius 3 is 2.58 bits per heavy atom. The number of ether oxygens (including phenoxy) is 3. The molecule has 3 aromatic rings. The molecule has 3 rings (SSSR count). The fraction of sp³-hybridized carbons (Fsp3) is 0.393. The molecule has 0 radical (unpaired) electrons. The fourth-order valence-corrected chi connectivity index (χ4v) is 4.25. The van der Waals surface area contributed by atoms with Crippen molar-refractivity contribution in [3.8, 4) is 5.75 Å². The zero-order valence-corrected chi connectivity index (χ0v) is 20.3. The summed E-state index contributed by atoms with van der Waals surface area (Å²) >= 11 is 6.28. The molecule has 0 aliphatic rings. The first-order valence-corrected chi connectivity index (χ1v) is 12.1. The summed E-state index contributed by atoms with van der Waals surface area (Å²) in [6.45, 7) is 8.99. The van der Waals surface area contributed by atoms with E-state index in [1.54, 1.807) is 0 Å². The predicted molar refractivity (Wildman–Crippen MR) is 136 cm³/mol. The largest absolute Gasteiger partial charge is 0.488 e. The lowest BCUT2D eigenvalue weighted by molar-refractivity contribution is -0.148. The molecule has 0 aliphatic heterocycles. The highest BCUT2D eigenvalue weighted by atomic mass is 35.5. The number of hydrogen-bond acceptors (Lipinski definition) is 4. The van der Waals surface area contributed by atoms with Crippen LogP contribution in [-0.4, -0.2) is 31.9 Å². The van der Waals surface area contributed by atoms with Gasteiger partial charge >= 0.3 is 5.97 Å². The minimum absolute atomic E-state index is 0.168. The summed E-state index contributed by atoms with van der Waals surface area (Å²) in [7, 11) is 0. The molecule has 3 aromatic carbocycles. The van der Waals surface area contributed by atoms with Crippen molar-refractivity contribution < 1.29 is 19.0 Å². The van der Waals surface area contributed by atoms with Gasteiger partial charge in [0.2, 0.25) is 0 Å². The lowest BCUT2D eigenvalue weighted by Gasteiger charge is -2.20. The molecule has 4 nitrogen and oxygen atoms in total. The third-order valence-corrected chi connectivity index (χ3v) is 6.12. The average molecular weight is 469 g/mol. The van der Waals surface area contributed by atoms with Crippen molar-refractivity contribution in [2.75, 3.05) is 19.8 Å². The van der Waals surface area contributed by atoms with Crippen LogP contribution in [0.5, 0.6) is 5.75 Å². The van der Waals surface area contributed by atoms with Gasteiger partial charge in [0, 0.05) is 28.5 Å². The molecule has 2 unspecified atom stereocenters.